The number of guanidine groups is 1. The van der Waals surface area contributed by atoms with Crippen LogP contribution in [0.1, 0.15) is 25.3 Å². The van der Waals surface area contributed by atoms with E-state index in [9.17, 15) is 8.42 Å². The molecule has 1 aromatic carbocycles. The summed E-state index contributed by atoms with van der Waals surface area (Å²) in [6.45, 7) is 4.45. The Kier molecular flexibility index (Phi) is 9.00. The maximum atomic E-state index is 12.7. The molecule has 2 aliphatic heterocycles. The van der Waals surface area contributed by atoms with Crippen LogP contribution in [-0.2, 0) is 16.4 Å². The van der Waals surface area contributed by atoms with Gasteiger partial charge in [-0.05, 0) is 43.6 Å². The minimum absolute atomic E-state index is 0. The third kappa shape index (κ3) is 6.15. The van der Waals surface area contributed by atoms with Crippen LogP contribution < -0.4 is 14.9 Å². The van der Waals surface area contributed by atoms with Crippen molar-refractivity contribution in [1.82, 2.24) is 10.6 Å². The number of rotatable bonds is 7. The Morgan fingerprint density at radius 3 is 2.89 bits per heavy atom. The van der Waals surface area contributed by atoms with E-state index in [4.69, 9.17) is 0 Å². The van der Waals surface area contributed by atoms with E-state index >= 15 is 0 Å². The molecule has 0 bridgehead atoms. The van der Waals surface area contributed by atoms with Crippen LogP contribution in [0.15, 0.2) is 29.3 Å². The smallest absolute Gasteiger partial charge is 0.236 e. The van der Waals surface area contributed by atoms with Crippen molar-refractivity contribution in [2.75, 3.05) is 42.0 Å². The van der Waals surface area contributed by atoms with E-state index in [0.29, 0.717) is 24.3 Å². The van der Waals surface area contributed by atoms with Gasteiger partial charge in [0.25, 0.3) is 0 Å². The zero-order valence-electron chi connectivity index (χ0n) is 15.7. The largest absolute Gasteiger partial charge is 0.357 e. The standard InChI is InChI=1S/C18H28N4O2S2.HI/c1-2-19-18(21-14-16-7-5-12-25-16)20-10-13-26(23,24)22-11-9-15-6-3-4-8-17(15)22;/h3-4,6,8,16H,2,5,7,9-14H2,1H3,(H2,19,20,21);1H. The lowest BCUT2D eigenvalue weighted by Crippen LogP contribution is -2.42. The van der Waals surface area contributed by atoms with Gasteiger partial charge in [-0.1, -0.05) is 18.2 Å². The van der Waals surface area contributed by atoms with Gasteiger partial charge in [-0.25, -0.2) is 8.42 Å². The molecule has 1 saturated heterocycles. The minimum Gasteiger partial charge on any atom is -0.357 e. The Morgan fingerprint density at radius 1 is 1.33 bits per heavy atom. The molecule has 2 heterocycles. The van der Waals surface area contributed by atoms with E-state index in [2.05, 4.69) is 15.6 Å². The van der Waals surface area contributed by atoms with Gasteiger partial charge in [0.05, 0.1) is 18.0 Å². The van der Waals surface area contributed by atoms with Crippen molar-refractivity contribution < 1.29 is 8.42 Å². The minimum atomic E-state index is -3.33. The van der Waals surface area contributed by atoms with E-state index in [1.807, 2.05) is 43.0 Å². The van der Waals surface area contributed by atoms with E-state index in [1.54, 1.807) is 4.31 Å². The first-order valence-electron chi connectivity index (χ1n) is 9.32. The van der Waals surface area contributed by atoms with Crippen LogP contribution in [0.25, 0.3) is 0 Å². The van der Waals surface area contributed by atoms with Gasteiger partial charge in [-0.2, -0.15) is 11.8 Å². The number of nitrogens with zero attached hydrogens (tertiary/aromatic N) is 2. The third-order valence-electron chi connectivity index (χ3n) is 4.65. The molecule has 0 saturated carbocycles. The molecular weight excluding hydrogens is 495 g/mol. The lowest BCUT2D eigenvalue weighted by Gasteiger charge is -2.20. The summed E-state index contributed by atoms with van der Waals surface area (Å²) in [6, 6.07) is 7.73. The highest BCUT2D eigenvalue weighted by molar-refractivity contribution is 14.0. The van der Waals surface area contributed by atoms with Gasteiger partial charge in [-0.15, -0.1) is 24.0 Å². The number of anilines is 1. The summed E-state index contributed by atoms with van der Waals surface area (Å²) in [5, 5.41) is 6.96. The molecule has 0 amide bonds. The molecule has 152 valence electrons. The van der Waals surface area contributed by atoms with Crippen LogP contribution >= 0.6 is 35.7 Å². The Labute approximate surface area is 184 Å². The molecule has 2 aliphatic rings. The van der Waals surface area contributed by atoms with Crippen LogP contribution in [0.5, 0.6) is 0 Å². The van der Waals surface area contributed by atoms with Crippen molar-refractivity contribution in [1.29, 1.82) is 0 Å². The summed E-state index contributed by atoms with van der Waals surface area (Å²) < 4.78 is 27.0. The summed E-state index contributed by atoms with van der Waals surface area (Å²) in [4.78, 5) is 4.61. The van der Waals surface area contributed by atoms with Crippen LogP contribution in [0, 0.1) is 0 Å². The molecule has 9 heteroatoms. The average Bonchev–Trinajstić information content (AvgIpc) is 3.29. The van der Waals surface area contributed by atoms with Crippen molar-refractivity contribution in [3.63, 3.8) is 0 Å². The molecule has 1 aromatic rings. The Morgan fingerprint density at radius 2 is 2.15 bits per heavy atom. The molecule has 2 N–H and O–H groups in total. The maximum absolute atomic E-state index is 12.7. The lowest BCUT2D eigenvalue weighted by molar-refractivity contribution is 0.591. The second kappa shape index (κ2) is 10.8. The zero-order valence-corrected chi connectivity index (χ0v) is 19.6. The number of para-hydroxylation sites is 1. The van der Waals surface area contributed by atoms with Crippen molar-refractivity contribution in [3.8, 4) is 0 Å². The number of aliphatic imine (C=N–C) groups is 1. The van der Waals surface area contributed by atoms with Gasteiger partial charge in [0.2, 0.25) is 10.0 Å². The van der Waals surface area contributed by atoms with Crippen molar-refractivity contribution >= 4 is 57.4 Å². The molecule has 3 rings (SSSR count). The molecule has 1 atom stereocenters. The van der Waals surface area contributed by atoms with Crippen molar-refractivity contribution in [2.24, 2.45) is 4.99 Å². The summed E-state index contributed by atoms with van der Waals surface area (Å²) in [5.74, 6) is 1.99. The molecule has 0 aromatic heterocycles. The third-order valence-corrected chi connectivity index (χ3v) is 7.81. The number of fused-ring (bicyclic) bond motifs is 1. The first-order valence-corrected chi connectivity index (χ1v) is 12.0. The fourth-order valence-corrected chi connectivity index (χ4v) is 5.94. The normalized spacial score (nSPS) is 19.5. The predicted molar refractivity (Wildman–Crippen MR) is 126 cm³/mol. The fraction of sp³-hybridized carbons (Fsp3) is 0.611. The van der Waals surface area contributed by atoms with E-state index in [1.165, 1.54) is 18.6 Å². The summed E-state index contributed by atoms with van der Waals surface area (Å²) >= 11 is 1.98. The fourth-order valence-electron chi connectivity index (χ4n) is 3.33. The summed E-state index contributed by atoms with van der Waals surface area (Å²) in [6.07, 6.45) is 3.27. The number of hydrogen-bond donors (Lipinski definition) is 2. The van der Waals surface area contributed by atoms with Crippen LogP contribution in [0.3, 0.4) is 0 Å². The van der Waals surface area contributed by atoms with Gasteiger partial charge in [0.15, 0.2) is 5.96 Å². The molecule has 0 radical (unpaired) electrons. The topological polar surface area (TPSA) is 73.8 Å². The lowest BCUT2D eigenvalue weighted by atomic mass is 10.2. The average molecular weight is 524 g/mol. The van der Waals surface area contributed by atoms with Crippen LogP contribution in [0.2, 0.25) is 0 Å². The highest BCUT2D eigenvalue weighted by atomic mass is 127. The maximum Gasteiger partial charge on any atom is 0.236 e. The molecule has 6 nitrogen and oxygen atoms in total. The first kappa shape index (κ1) is 22.6. The Balaban J connectivity index is 0.00000261. The number of nitrogens with one attached hydrogen (secondary N) is 2. The predicted octanol–water partition coefficient (Wildman–Crippen LogP) is 2.45. The zero-order chi connectivity index (χ0) is 18.4. The molecule has 1 unspecified atom stereocenters. The number of benzene rings is 1. The number of halogens is 1. The number of thioether (sulfide) groups is 1. The second-order valence-electron chi connectivity index (χ2n) is 6.55. The molecule has 0 spiro atoms. The highest BCUT2D eigenvalue weighted by Crippen LogP contribution is 2.29. The van der Waals surface area contributed by atoms with Gasteiger partial charge in [-0.3, -0.25) is 9.30 Å². The number of sulfonamides is 1. The van der Waals surface area contributed by atoms with E-state index < -0.39 is 10.0 Å². The Bertz CT molecular complexity index is 737. The monoisotopic (exact) mass is 524 g/mol. The second-order valence-corrected chi connectivity index (χ2v) is 9.97. The number of hydrogen-bond acceptors (Lipinski definition) is 4. The molecule has 0 aliphatic carbocycles. The quantitative estimate of drug-likeness (QED) is 0.326. The van der Waals surface area contributed by atoms with E-state index in [-0.39, 0.29) is 29.7 Å². The summed E-state index contributed by atoms with van der Waals surface area (Å²) in [7, 11) is -3.33. The van der Waals surface area contributed by atoms with Crippen molar-refractivity contribution in [3.05, 3.63) is 29.8 Å². The molecular formula is C18H29IN4O2S2. The molecule has 1 fully saturated rings. The van der Waals surface area contributed by atoms with Crippen molar-refractivity contribution in [2.45, 2.75) is 31.4 Å². The van der Waals surface area contributed by atoms with Gasteiger partial charge in [0.1, 0.15) is 0 Å². The first-order chi connectivity index (χ1) is 12.6. The van der Waals surface area contributed by atoms with Gasteiger partial charge in [0, 0.05) is 24.9 Å². The highest BCUT2D eigenvalue weighted by Gasteiger charge is 2.28. The van der Waals surface area contributed by atoms with E-state index in [0.717, 1.165) is 30.8 Å². The molecule has 27 heavy (non-hydrogen) atoms. The van der Waals surface area contributed by atoms with Gasteiger partial charge < -0.3 is 10.6 Å². The Hall–Kier alpha value is -0.680. The van der Waals surface area contributed by atoms with Gasteiger partial charge >= 0.3 is 0 Å². The van der Waals surface area contributed by atoms with Crippen LogP contribution in [0.4, 0.5) is 5.69 Å². The summed E-state index contributed by atoms with van der Waals surface area (Å²) in [5.41, 5.74) is 1.93. The van der Waals surface area contributed by atoms with Crippen LogP contribution in [-0.4, -0.2) is 57.3 Å². The SMILES string of the molecule is CCNC(=NCC1CCCS1)NCCS(=O)(=O)N1CCc2ccccc21.I.